The maximum absolute atomic E-state index is 12.3. The third-order valence-electron chi connectivity index (χ3n) is 5.46. The Labute approximate surface area is 162 Å². The molecule has 29 heavy (non-hydrogen) atoms. The van der Waals surface area contributed by atoms with Gasteiger partial charge in [-0.15, -0.1) is 0 Å². The molecular weight excluding hydrogens is 403 g/mol. The number of hydrogen-bond acceptors (Lipinski definition) is 8. The molecule has 0 aromatic rings. The van der Waals surface area contributed by atoms with E-state index in [1.54, 1.807) is 0 Å². The molecule has 1 heterocycles. The zero-order valence-electron chi connectivity index (χ0n) is 15.2. The molecule has 1 amide bonds. The normalized spacial score (nSPS) is 31.8. The van der Waals surface area contributed by atoms with Gasteiger partial charge in [-0.3, -0.25) is 9.59 Å². The molecule has 2 bridgehead atoms. The molecule has 3 rings (SSSR count). The van der Waals surface area contributed by atoms with Gasteiger partial charge in [0.25, 0.3) is 0 Å². The smallest absolute Gasteiger partial charge is 0.422 e. The molecule has 12 heteroatoms. The van der Waals surface area contributed by atoms with Crippen molar-refractivity contribution in [1.82, 2.24) is 5.32 Å². The Morgan fingerprint density at radius 3 is 2.59 bits per heavy atom. The Balaban J connectivity index is 1.49. The van der Waals surface area contributed by atoms with Crippen molar-refractivity contribution < 1.29 is 51.3 Å². The van der Waals surface area contributed by atoms with Crippen molar-refractivity contribution in [3.63, 3.8) is 0 Å². The molecule has 3 aliphatic rings. The number of esters is 3. The van der Waals surface area contributed by atoms with Crippen LogP contribution in [0.4, 0.5) is 18.0 Å². The zero-order valence-corrected chi connectivity index (χ0v) is 15.2. The van der Waals surface area contributed by atoms with Crippen molar-refractivity contribution >= 4 is 24.0 Å². The van der Waals surface area contributed by atoms with E-state index in [1.165, 1.54) is 7.11 Å². The van der Waals surface area contributed by atoms with Crippen molar-refractivity contribution in [2.45, 2.75) is 24.8 Å². The van der Waals surface area contributed by atoms with Crippen molar-refractivity contribution in [3.05, 3.63) is 12.2 Å². The molecule has 2 aliphatic carbocycles. The fourth-order valence-corrected chi connectivity index (χ4v) is 4.27. The number of carbonyl (C=O) groups is 4. The van der Waals surface area contributed by atoms with Crippen LogP contribution >= 0.6 is 0 Å². The predicted octanol–water partition coefficient (Wildman–Crippen LogP) is 0.723. The fraction of sp³-hybridized carbons (Fsp3) is 0.647. The summed E-state index contributed by atoms with van der Waals surface area (Å²) in [5.74, 6) is -4.81. The second-order valence-electron chi connectivity index (χ2n) is 6.95. The highest BCUT2D eigenvalue weighted by molar-refractivity contribution is 5.89. The lowest BCUT2D eigenvalue weighted by Gasteiger charge is -2.29. The van der Waals surface area contributed by atoms with Crippen LogP contribution in [0.15, 0.2) is 12.2 Å². The Morgan fingerprint density at radius 2 is 1.97 bits per heavy atom. The van der Waals surface area contributed by atoms with Gasteiger partial charge in [-0.05, 0) is 6.42 Å². The number of fused-ring (bicyclic) bond motifs is 1. The molecule has 0 aromatic heterocycles. The van der Waals surface area contributed by atoms with E-state index in [2.05, 4.69) is 16.6 Å². The number of ether oxygens (including phenoxy) is 4. The van der Waals surface area contributed by atoms with Gasteiger partial charge in [0.05, 0.1) is 25.5 Å². The molecule has 0 radical (unpaired) electrons. The summed E-state index contributed by atoms with van der Waals surface area (Å²) in [5, 5.41) is 2.22. The predicted molar refractivity (Wildman–Crippen MR) is 84.9 cm³/mol. The SMILES string of the molecule is C=C(C(=O)OCCNC(=O)OC1C2CC3C1OC(=O)C3C2C(=O)OC)C(F)(F)F. The van der Waals surface area contributed by atoms with Crippen molar-refractivity contribution in [2.24, 2.45) is 23.7 Å². The maximum Gasteiger partial charge on any atom is 0.422 e. The highest BCUT2D eigenvalue weighted by atomic mass is 19.4. The summed E-state index contributed by atoms with van der Waals surface area (Å²) in [6, 6.07) is 0. The Hall–Kier alpha value is -2.79. The first-order chi connectivity index (χ1) is 13.6. The van der Waals surface area contributed by atoms with Gasteiger partial charge in [0, 0.05) is 11.8 Å². The van der Waals surface area contributed by atoms with E-state index in [0.717, 1.165) is 0 Å². The first-order valence-electron chi connectivity index (χ1n) is 8.72. The van der Waals surface area contributed by atoms with Gasteiger partial charge < -0.3 is 24.3 Å². The lowest BCUT2D eigenvalue weighted by molar-refractivity contribution is -0.153. The third kappa shape index (κ3) is 3.75. The van der Waals surface area contributed by atoms with Gasteiger partial charge in [0.1, 0.15) is 24.4 Å². The molecule has 1 N–H and O–H groups in total. The number of alkyl halides is 3. The minimum absolute atomic E-state index is 0.247. The van der Waals surface area contributed by atoms with Crippen LogP contribution in [-0.2, 0) is 33.3 Å². The lowest BCUT2D eigenvalue weighted by Crippen LogP contribution is -2.45. The van der Waals surface area contributed by atoms with Crippen molar-refractivity contribution in [3.8, 4) is 0 Å². The Kier molecular flexibility index (Phi) is 5.46. The van der Waals surface area contributed by atoms with E-state index < -0.39 is 72.3 Å². The number of methoxy groups -OCH3 is 1. The van der Waals surface area contributed by atoms with E-state index in [0.29, 0.717) is 6.42 Å². The van der Waals surface area contributed by atoms with Gasteiger partial charge in [-0.2, -0.15) is 13.2 Å². The summed E-state index contributed by atoms with van der Waals surface area (Å²) in [6.07, 6.45) is -6.89. The number of rotatable bonds is 6. The molecule has 1 saturated heterocycles. The van der Waals surface area contributed by atoms with Crippen LogP contribution in [-0.4, -0.2) is 62.6 Å². The largest absolute Gasteiger partial charge is 0.469 e. The average molecular weight is 421 g/mol. The summed E-state index contributed by atoms with van der Waals surface area (Å²) < 4.78 is 56.5. The summed E-state index contributed by atoms with van der Waals surface area (Å²) in [7, 11) is 1.20. The van der Waals surface area contributed by atoms with Gasteiger partial charge in [0.2, 0.25) is 0 Å². The highest BCUT2D eigenvalue weighted by Gasteiger charge is 2.70. The van der Waals surface area contributed by atoms with E-state index in [9.17, 15) is 32.3 Å². The molecule has 2 saturated carbocycles. The first-order valence-corrected chi connectivity index (χ1v) is 8.72. The van der Waals surface area contributed by atoms with Gasteiger partial charge >= 0.3 is 30.2 Å². The number of halogens is 3. The van der Waals surface area contributed by atoms with Crippen molar-refractivity contribution in [2.75, 3.05) is 20.3 Å². The summed E-state index contributed by atoms with van der Waals surface area (Å²) in [5.41, 5.74) is -1.66. The van der Waals surface area contributed by atoms with Crippen LogP contribution < -0.4 is 5.32 Å². The summed E-state index contributed by atoms with van der Waals surface area (Å²) in [6.45, 7) is 1.74. The second kappa shape index (κ2) is 7.56. The van der Waals surface area contributed by atoms with Gasteiger partial charge in [-0.25, -0.2) is 9.59 Å². The standard InChI is InChI=1S/C17H18F3NO8/c1-6(17(18,19)20)13(22)27-4-3-21-16(25)29-12-7-5-8-10(9(7)14(23)26-2)15(24)28-11(8)12/h7-12H,1,3-5H2,2H3,(H,21,25). The van der Waals surface area contributed by atoms with Crippen molar-refractivity contribution in [1.29, 1.82) is 0 Å². The number of amides is 1. The topological polar surface area (TPSA) is 117 Å². The fourth-order valence-electron chi connectivity index (χ4n) is 4.27. The minimum Gasteiger partial charge on any atom is -0.469 e. The zero-order chi connectivity index (χ0) is 21.5. The molecule has 6 unspecified atom stereocenters. The van der Waals surface area contributed by atoms with E-state index in [-0.39, 0.29) is 12.5 Å². The number of alkyl carbamates (subject to hydrolysis) is 1. The number of nitrogens with one attached hydrogen (secondary N) is 1. The van der Waals surface area contributed by atoms with Crippen LogP contribution in [0.25, 0.3) is 0 Å². The first kappa shape index (κ1) is 20.9. The highest BCUT2D eigenvalue weighted by Crippen LogP contribution is 2.58. The molecule has 3 fully saturated rings. The van der Waals surface area contributed by atoms with E-state index >= 15 is 0 Å². The molecule has 0 spiro atoms. The molecular formula is C17H18F3NO8. The number of carbonyl (C=O) groups excluding carboxylic acids is 4. The average Bonchev–Trinajstić information content (AvgIpc) is 3.26. The lowest BCUT2D eigenvalue weighted by atomic mass is 9.78. The molecule has 6 atom stereocenters. The Bertz CT molecular complexity index is 751. The minimum atomic E-state index is -4.90. The Morgan fingerprint density at radius 1 is 1.28 bits per heavy atom. The second-order valence-corrected chi connectivity index (χ2v) is 6.95. The molecule has 9 nitrogen and oxygen atoms in total. The third-order valence-corrected chi connectivity index (χ3v) is 5.46. The number of hydrogen-bond donors (Lipinski definition) is 1. The van der Waals surface area contributed by atoms with Crippen LogP contribution in [0.3, 0.4) is 0 Å². The molecule has 0 aromatic carbocycles. The van der Waals surface area contributed by atoms with Gasteiger partial charge in [0.15, 0.2) is 0 Å². The molecule has 160 valence electrons. The van der Waals surface area contributed by atoms with E-state index in [1.807, 2.05) is 0 Å². The van der Waals surface area contributed by atoms with Crippen LogP contribution in [0, 0.1) is 23.7 Å². The van der Waals surface area contributed by atoms with Gasteiger partial charge in [-0.1, -0.05) is 6.58 Å². The monoisotopic (exact) mass is 421 g/mol. The quantitative estimate of drug-likeness (QED) is 0.289. The summed E-state index contributed by atoms with van der Waals surface area (Å²) in [4.78, 5) is 47.2. The van der Waals surface area contributed by atoms with Crippen LogP contribution in [0.2, 0.25) is 0 Å². The van der Waals surface area contributed by atoms with Crippen LogP contribution in [0.1, 0.15) is 6.42 Å². The van der Waals surface area contributed by atoms with Crippen LogP contribution in [0.5, 0.6) is 0 Å². The summed E-state index contributed by atoms with van der Waals surface area (Å²) >= 11 is 0. The van der Waals surface area contributed by atoms with E-state index in [4.69, 9.17) is 14.2 Å². The maximum atomic E-state index is 12.3. The molecule has 1 aliphatic heterocycles.